The van der Waals surface area contributed by atoms with Crippen LogP contribution in [0.15, 0.2) is 30.5 Å². The number of ether oxygens (including phenoxy) is 1. The van der Waals surface area contributed by atoms with E-state index in [1.54, 1.807) is 6.07 Å². The maximum atomic E-state index is 12.7. The number of aromatic nitrogens is 2. The van der Waals surface area contributed by atoms with Crippen molar-refractivity contribution in [3.63, 3.8) is 0 Å². The summed E-state index contributed by atoms with van der Waals surface area (Å²) < 4.78 is 42.0. The summed E-state index contributed by atoms with van der Waals surface area (Å²) in [7, 11) is 0. The highest BCUT2D eigenvalue weighted by atomic mass is 19.4. The molecule has 4 N–H and O–H groups in total. The predicted molar refractivity (Wildman–Crippen MR) is 128 cm³/mol. The van der Waals surface area contributed by atoms with Crippen LogP contribution in [0.5, 0.6) is 5.75 Å². The minimum absolute atomic E-state index is 0.0178. The van der Waals surface area contributed by atoms with E-state index in [1.165, 1.54) is 18.2 Å². The van der Waals surface area contributed by atoms with E-state index in [2.05, 4.69) is 30.7 Å². The summed E-state index contributed by atoms with van der Waals surface area (Å²) in [6, 6.07) is 5.94. The van der Waals surface area contributed by atoms with Crippen molar-refractivity contribution in [2.45, 2.75) is 57.5 Å². The highest BCUT2D eigenvalue weighted by molar-refractivity contribution is 5.66. The Kier molecular flexibility index (Phi) is 9.83. The molecule has 1 aliphatic carbocycles. The number of carboxylic acid groups (broad SMARTS) is 1. The third kappa shape index (κ3) is 9.37. The van der Waals surface area contributed by atoms with Gasteiger partial charge in [-0.2, -0.15) is 4.98 Å². The molecule has 0 saturated heterocycles. The van der Waals surface area contributed by atoms with Crippen molar-refractivity contribution in [1.82, 2.24) is 15.3 Å². The Morgan fingerprint density at radius 2 is 1.92 bits per heavy atom. The molecule has 0 unspecified atom stereocenters. The first-order valence-corrected chi connectivity index (χ1v) is 11.9. The fraction of sp³-hybridized carbons (Fsp3) is 0.522. The second kappa shape index (κ2) is 13.0. The van der Waals surface area contributed by atoms with Gasteiger partial charge in [-0.15, -0.1) is 13.2 Å². The molecule has 2 aromatic rings. The van der Waals surface area contributed by atoms with Gasteiger partial charge in [-0.1, -0.05) is 18.2 Å². The van der Waals surface area contributed by atoms with Crippen LogP contribution in [-0.4, -0.2) is 51.5 Å². The zero-order chi connectivity index (χ0) is 26.8. The van der Waals surface area contributed by atoms with Crippen LogP contribution in [0.1, 0.15) is 44.1 Å². The third-order valence-corrected chi connectivity index (χ3v) is 6.01. The molecule has 37 heavy (non-hydrogen) atoms. The Labute approximate surface area is 211 Å². The van der Waals surface area contributed by atoms with E-state index in [0.717, 1.165) is 31.9 Å². The van der Waals surface area contributed by atoms with Crippen molar-refractivity contribution in [1.29, 1.82) is 0 Å². The molecule has 1 saturated carbocycles. The summed E-state index contributed by atoms with van der Waals surface area (Å²) in [6.45, 7) is 1.02. The van der Waals surface area contributed by atoms with Crippen LogP contribution in [-0.2, 0) is 11.3 Å². The van der Waals surface area contributed by atoms with Gasteiger partial charge in [0.1, 0.15) is 11.9 Å². The van der Waals surface area contributed by atoms with Gasteiger partial charge in [0.2, 0.25) is 11.8 Å². The number of nitrogens with one attached hydrogen (secondary N) is 3. The lowest BCUT2D eigenvalue weighted by Gasteiger charge is -2.29. The van der Waals surface area contributed by atoms with Gasteiger partial charge in [-0.25, -0.2) is 4.98 Å². The van der Waals surface area contributed by atoms with E-state index in [-0.39, 0.29) is 47.7 Å². The molecule has 0 atom stereocenters. The van der Waals surface area contributed by atoms with Crippen LogP contribution in [0.4, 0.5) is 30.6 Å². The molecule has 202 valence electrons. The largest absolute Gasteiger partial charge is 0.573 e. The Morgan fingerprint density at radius 1 is 1.19 bits per heavy atom. The van der Waals surface area contributed by atoms with Crippen molar-refractivity contribution in [3.8, 4) is 5.75 Å². The fourth-order valence-electron chi connectivity index (χ4n) is 4.13. The molecule has 11 nitrogen and oxygen atoms in total. The monoisotopic (exact) mass is 526 g/mol. The van der Waals surface area contributed by atoms with Gasteiger partial charge in [-0.05, 0) is 50.6 Å². The van der Waals surface area contributed by atoms with Crippen molar-refractivity contribution in [2.24, 2.45) is 5.92 Å². The number of hydrogen-bond acceptors (Lipinski definition) is 9. The number of alkyl halides is 3. The fourth-order valence-corrected chi connectivity index (χ4v) is 4.13. The average molecular weight is 527 g/mol. The van der Waals surface area contributed by atoms with Crippen LogP contribution >= 0.6 is 0 Å². The van der Waals surface area contributed by atoms with Gasteiger partial charge in [0.25, 0.3) is 0 Å². The lowest BCUT2D eigenvalue weighted by molar-refractivity contribution is -0.384. The molecular formula is C23H29F3N6O5. The smallest absolute Gasteiger partial charge is 0.481 e. The van der Waals surface area contributed by atoms with Crippen LogP contribution in [0, 0.1) is 16.0 Å². The summed E-state index contributed by atoms with van der Waals surface area (Å²) in [5.74, 6) is -0.862. The summed E-state index contributed by atoms with van der Waals surface area (Å²) in [5, 5.41) is 29.4. The first-order chi connectivity index (χ1) is 17.6. The van der Waals surface area contributed by atoms with Crippen LogP contribution in [0.2, 0.25) is 0 Å². The van der Waals surface area contributed by atoms with E-state index < -0.39 is 17.3 Å². The molecule has 3 rings (SSSR count). The zero-order valence-corrected chi connectivity index (χ0v) is 20.0. The van der Waals surface area contributed by atoms with Gasteiger partial charge in [-0.3, -0.25) is 14.9 Å². The van der Waals surface area contributed by atoms with Gasteiger partial charge in [0, 0.05) is 31.1 Å². The Hall–Kier alpha value is -3.68. The first-order valence-electron chi connectivity index (χ1n) is 11.9. The summed E-state index contributed by atoms with van der Waals surface area (Å²) in [6.07, 6.45) is 0.530. The normalized spacial score (nSPS) is 17.7. The second-order valence-electron chi connectivity index (χ2n) is 8.74. The molecule has 1 aromatic heterocycles. The topological polar surface area (TPSA) is 152 Å². The Morgan fingerprint density at radius 3 is 2.59 bits per heavy atom. The van der Waals surface area contributed by atoms with Crippen molar-refractivity contribution >= 4 is 23.4 Å². The van der Waals surface area contributed by atoms with E-state index in [1.807, 2.05) is 0 Å². The van der Waals surface area contributed by atoms with E-state index in [0.29, 0.717) is 25.6 Å². The first kappa shape index (κ1) is 27.9. The third-order valence-electron chi connectivity index (χ3n) is 6.01. The molecule has 0 aliphatic heterocycles. The van der Waals surface area contributed by atoms with Crippen LogP contribution < -0.4 is 20.7 Å². The molecule has 1 heterocycles. The highest BCUT2D eigenvalue weighted by Gasteiger charge is 2.32. The number of aliphatic carboxylic acids is 1. The molecule has 0 bridgehead atoms. The number of benzene rings is 1. The number of anilines is 2. The van der Waals surface area contributed by atoms with Gasteiger partial charge in [0.15, 0.2) is 0 Å². The van der Waals surface area contributed by atoms with Crippen molar-refractivity contribution < 1.29 is 32.7 Å². The molecule has 1 aliphatic rings. The Bertz CT molecular complexity index is 1060. The number of hydrogen-bond donors (Lipinski definition) is 4. The quantitative estimate of drug-likeness (QED) is 0.169. The predicted octanol–water partition coefficient (Wildman–Crippen LogP) is 4.32. The molecule has 0 spiro atoms. The maximum absolute atomic E-state index is 12.7. The molecule has 0 radical (unpaired) electrons. The lowest BCUT2D eigenvalue weighted by Crippen LogP contribution is -2.35. The number of rotatable bonds is 13. The minimum Gasteiger partial charge on any atom is -0.481 e. The second-order valence-corrected chi connectivity index (χ2v) is 8.74. The van der Waals surface area contributed by atoms with Crippen molar-refractivity contribution in [3.05, 3.63) is 46.1 Å². The SMILES string of the molecule is O=C(O)CCCN[C@H]1CC[C@H](CNc2nc(NCc3ccccc3OC(F)(F)F)ncc2[N+](=O)[O-])CC1. The average Bonchev–Trinajstić information content (AvgIpc) is 2.84. The number of nitro groups is 1. The van der Waals surface area contributed by atoms with Gasteiger partial charge in [0.05, 0.1) is 4.92 Å². The summed E-state index contributed by atoms with van der Waals surface area (Å²) in [4.78, 5) is 29.5. The van der Waals surface area contributed by atoms with Crippen molar-refractivity contribution in [2.75, 3.05) is 23.7 Å². The number of halogens is 3. The molecule has 1 fully saturated rings. The maximum Gasteiger partial charge on any atom is 0.573 e. The summed E-state index contributed by atoms with van der Waals surface area (Å²) >= 11 is 0. The summed E-state index contributed by atoms with van der Waals surface area (Å²) in [5.41, 5.74) is -0.0928. The molecule has 0 amide bonds. The zero-order valence-electron chi connectivity index (χ0n) is 20.0. The number of para-hydroxylation sites is 1. The number of carboxylic acids is 1. The van der Waals surface area contributed by atoms with Gasteiger partial charge < -0.3 is 25.8 Å². The lowest BCUT2D eigenvalue weighted by atomic mass is 9.86. The van der Waals surface area contributed by atoms with Crippen LogP contribution in [0.3, 0.4) is 0 Å². The highest BCUT2D eigenvalue weighted by Crippen LogP contribution is 2.29. The van der Waals surface area contributed by atoms with E-state index >= 15 is 0 Å². The molecule has 14 heteroatoms. The van der Waals surface area contributed by atoms with Crippen LogP contribution in [0.25, 0.3) is 0 Å². The van der Waals surface area contributed by atoms with E-state index in [9.17, 15) is 28.1 Å². The standard InChI is InChI=1S/C23H29F3N6O5/c24-23(25,26)37-19-5-2-1-4-16(19)13-29-22-30-14-18(32(35)36)21(31-22)28-12-15-7-9-17(10-8-15)27-11-3-6-20(33)34/h1-2,4-5,14-15,17,27H,3,6-13H2,(H,33,34)(H2,28,29,30,31)/t15-,17-. The molecular weight excluding hydrogens is 497 g/mol. The van der Waals surface area contributed by atoms with Gasteiger partial charge >= 0.3 is 18.0 Å². The Balaban J connectivity index is 1.54. The van der Waals surface area contributed by atoms with E-state index in [4.69, 9.17) is 5.11 Å². The number of nitrogens with zero attached hydrogens (tertiary/aromatic N) is 3. The molecule has 1 aromatic carbocycles. The minimum atomic E-state index is -4.84. The number of carbonyl (C=O) groups is 1.